The predicted octanol–water partition coefficient (Wildman–Crippen LogP) is 4.75. The van der Waals surface area contributed by atoms with Gasteiger partial charge in [0.1, 0.15) is 0 Å². The van der Waals surface area contributed by atoms with Crippen molar-refractivity contribution in [3.63, 3.8) is 0 Å². The lowest BCUT2D eigenvalue weighted by Gasteiger charge is -2.36. The van der Waals surface area contributed by atoms with Gasteiger partial charge < -0.3 is 24.9 Å². The van der Waals surface area contributed by atoms with Gasteiger partial charge in [0.2, 0.25) is 5.91 Å². The third-order valence-corrected chi connectivity index (χ3v) is 7.11. The predicted molar refractivity (Wildman–Crippen MR) is 141 cm³/mol. The van der Waals surface area contributed by atoms with Gasteiger partial charge in [-0.05, 0) is 68.4 Å². The van der Waals surface area contributed by atoms with E-state index in [0.717, 1.165) is 38.1 Å². The van der Waals surface area contributed by atoms with Crippen molar-refractivity contribution < 1.29 is 27.2 Å². The van der Waals surface area contributed by atoms with Crippen molar-refractivity contribution in [1.29, 1.82) is 0 Å². The molecule has 0 spiro atoms. The van der Waals surface area contributed by atoms with Crippen LogP contribution in [0.3, 0.4) is 0 Å². The minimum atomic E-state index is -4.41. The van der Waals surface area contributed by atoms with Crippen LogP contribution in [0.15, 0.2) is 52.9 Å². The van der Waals surface area contributed by atoms with E-state index >= 15 is 0 Å². The van der Waals surface area contributed by atoms with Crippen LogP contribution in [0.5, 0.6) is 0 Å². The zero-order valence-corrected chi connectivity index (χ0v) is 21.6. The highest BCUT2D eigenvalue weighted by atomic mass is 19.4. The number of benzene rings is 2. The number of piperidine rings is 1. The largest absolute Gasteiger partial charge is 0.440 e. The number of aromatic nitrogens is 1. The molecule has 0 bridgehead atoms. The third-order valence-electron chi connectivity index (χ3n) is 7.11. The molecular formula is C28H30F3N5O3. The van der Waals surface area contributed by atoms with Gasteiger partial charge in [0, 0.05) is 56.0 Å². The first-order chi connectivity index (χ1) is 18.7. The molecule has 0 unspecified atom stereocenters. The summed E-state index contributed by atoms with van der Waals surface area (Å²) in [5.41, 5.74) is 1.31. The van der Waals surface area contributed by atoms with Gasteiger partial charge >= 0.3 is 6.18 Å². The number of rotatable bonds is 5. The molecule has 3 aromatic rings. The number of halogens is 3. The number of amides is 2. The molecule has 2 saturated heterocycles. The molecule has 206 valence electrons. The molecule has 2 amide bonds. The quantitative estimate of drug-likeness (QED) is 0.485. The fraction of sp³-hybridized carbons (Fsp3) is 0.393. The van der Waals surface area contributed by atoms with E-state index in [4.69, 9.17) is 4.42 Å². The van der Waals surface area contributed by atoms with Crippen molar-refractivity contribution in [3.05, 3.63) is 65.7 Å². The van der Waals surface area contributed by atoms with Gasteiger partial charge in [0.15, 0.2) is 17.3 Å². The number of nitrogens with zero attached hydrogens (tertiary/aromatic N) is 3. The van der Waals surface area contributed by atoms with Gasteiger partial charge in [-0.2, -0.15) is 13.2 Å². The van der Waals surface area contributed by atoms with Gasteiger partial charge in [0.25, 0.3) is 5.91 Å². The van der Waals surface area contributed by atoms with E-state index < -0.39 is 11.7 Å². The van der Waals surface area contributed by atoms with Crippen LogP contribution in [0.4, 0.5) is 24.5 Å². The summed E-state index contributed by atoms with van der Waals surface area (Å²) in [4.78, 5) is 33.3. The Morgan fingerprint density at radius 1 is 1.03 bits per heavy atom. The Morgan fingerprint density at radius 2 is 1.72 bits per heavy atom. The monoisotopic (exact) mass is 541 g/mol. The molecule has 1 aromatic heterocycles. The molecule has 0 radical (unpaired) electrons. The summed E-state index contributed by atoms with van der Waals surface area (Å²) in [6, 6.07) is 12.3. The number of nitrogens with one attached hydrogen (secondary N) is 2. The van der Waals surface area contributed by atoms with Crippen LogP contribution in [-0.4, -0.2) is 61.0 Å². The van der Waals surface area contributed by atoms with E-state index in [1.807, 2.05) is 4.90 Å². The Balaban J connectivity index is 1.36. The lowest BCUT2D eigenvalue weighted by molar-refractivity contribution is -0.137. The standard InChI is InChI=1S/C28H30F3N5O3/c1-18(37)33-22-7-5-19(6-8-22)25-24(34-26(39-25)20-9-11-32-12-10-20)27(38)36-15-13-35(14-16-36)23-4-2-3-21(17-23)28(29,30)31/h2-8,17,20,32H,9-16H2,1H3,(H,33,37). The van der Waals surface area contributed by atoms with Crippen molar-refractivity contribution in [1.82, 2.24) is 15.2 Å². The second-order valence-corrected chi connectivity index (χ2v) is 9.84. The molecule has 2 aromatic carbocycles. The van der Waals surface area contributed by atoms with Crippen molar-refractivity contribution in [2.75, 3.05) is 49.5 Å². The average Bonchev–Trinajstić information content (AvgIpc) is 3.38. The second kappa shape index (κ2) is 11.1. The Bertz CT molecular complexity index is 1320. The zero-order valence-electron chi connectivity index (χ0n) is 21.6. The van der Waals surface area contributed by atoms with Gasteiger partial charge in [-0.1, -0.05) is 6.07 Å². The Morgan fingerprint density at radius 3 is 2.36 bits per heavy atom. The zero-order chi connectivity index (χ0) is 27.6. The number of carbonyl (C=O) groups excluding carboxylic acids is 2. The van der Waals surface area contributed by atoms with E-state index in [-0.39, 0.29) is 23.4 Å². The van der Waals surface area contributed by atoms with Crippen molar-refractivity contribution in [2.45, 2.75) is 31.9 Å². The molecule has 11 heteroatoms. The molecular weight excluding hydrogens is 511 g/mol. The van der Waals surface area contributed by atoms with E-state index in [0.29, 0.717) is 54.8 Å². The lowest BCUT2D eigenvalue weighted by atomic mass is 9.98. The molecule has 2 fully saturated rings. The summed E-state index contributed by atoms with van der Waals surface area (Å²) in [7, 11) is 0. The summed E-state index contributed by atoms with van der Waals surface area (Å²) in [6.07, 6.45) is -2.71. The molecule has 2 aliphatic heterocycles. The molecule has 0 saturated carbocycles. The molecule has 8 nitrogen and oxygen atoms in total. The minimum Gasteiger partial charge on any atom is -0.440 e. The van der Waals surface area contributed by atoms with Crippen LogP contribution >= 0.6 is 0 Å². The summed E-state index contributed by atoms with van der Waals surface area (Å²) in [6.45, 7) is 4.58. The van der Waals surface area contributed by atoms with E-state index in [1.54, 1.807) is 35.2 Å². The van der Waals surface area contributed by atoms with Crippen molar-refractivity contribution >= 4 is 23.2 Å². The highest BCUT2D eigenvalue weighted by Crippen LogP contribution is 2.34. The van der Waals surface area contributed by atoms with Crippen LogP contribution in [0, 0.1) is 0 Å². The molecule has 39 heavy (non-hydrogen) atoms. The smallest absolute Gasteiger partial charge is 0.416 e. The molecule has 3 heterocycles. The first kappa shape index (κ1) is 26.7. The molecule has 2 N–H and O–H groups in total. The van der Waals surface area contributed by atoms with Crippen LogP contribution in [0.2, 0.25) is 0 Å². The van der Waals surface area contributed by atoms with Gasteiger partial charge in [-0.3, -0.25) is 9.59 Å². The van der Waals surface area contributed by atoms with Gasteiger partial charge in [-0.25, -0.2) is 4.98 Å². The van der Waals surface area contributed by atoms with Crippen molar-refractivity contribution in [3.8, 4) is 11.3 Å². The Kier molecular flexibility index (Phi) is 7.60. The number of carbonyl (C=O) groups is 2. The number of hydrogen-bond acceptors (Lipinski definition) is 6. The highest BCUT2D eigenvalue weighted by Gasteiger charge is 2.33. The van der Waals surface area contributed by atoms with Crippen LogP contribution in [0.1, 0.15) is 47.6 Å². The lowest BCUT2D eigenvalue weighted by Crippen LogP contribution is -2.49. The van der Waals surface area contributed by atoms with Crippen LogP contribution in [0.25, 0.3) is 11.3 Å². The molecule has 5 rings (SSSR count). The molecule has 2 aliphatic rings. The second-order valence-electron chi connectivity index (χ2n) is 9.84. The number of anilines is 2. The fourth-order valence-electron chi connectivity index (χ4n) is 5.03. The van der Waals surface area contributed by atoms with Crippen LogP contribution < -0.4 is 15.5 Å². The number of piperazine rings is 1. The Hall–Kier alpha value is -3.86. The maximum Gasteiger partial charge on any atom is 0.416 e. The summed E-state index contributed by atoms with van der Waals surface area (Å²) < 4.78 is 45.7. The summed E-state index contributed by atoms with van der Waals surface area (Å²) >= 11 is 0. The minimum absolute atomic E-state index is 0.1000. The summed E-state index contributed by atoms with van der Waals surface area (Å²) in [5, 5.41) is 6.04. The number of oxazole rings is 1. The average molecular weight is 542 g/mol. The fourth-order valence-corrected chi connectivity index (χ4v) is 5.03. The normalized spacial score (nSPS) is 16.8. The first-order valence-corrected chi connectivity index (χ1v) is 13.0. The number of hydrogen-bond donors (Lipinski definition) is 2. The maximum atomic E-state index is 13.7. The Labute approximate surface area is 224 Å². The third kappa shape index (κ3) is 6.08. The number of alkyl halides is 3. The van der Waals surface area contributed by atoms with Crippen LogP contribution in [-0.2, 0) is 11.0 Å². The maximum absolute atomic E-state index is 13.7. The first-order valence-electron chi connectivity index (χ1n) is 13.0. The highest BCUT2D eigenvalue weighted by molar-refractivity contribution is 5.98. The van der Waals surface area contributed by atoms with E-state index in [9.17, 15) is 22.8 Å². The van der Waals surface area contributed by atoms with Crippen molar-refractivity contribution in [2.24, 2.45) is 0 Å². The van der Waals surface area contributed by atoms with Gasteiger partial charge in [0.05, 0.1) is 5.56 Å². The van der Waals surface area contributed by atoms with E-state index in [1.165, 1.54) is 13.0 Å². The van der Waals surface area contributed by atoms with Gasteiger partial charge in [-0.15, -0.1) is 0 Å². The summed E-state index contributed by atoms with van der Waals surface area (Å²) in [5.74, 6) is 0.550. The topological polar surface area (TPSA) is 90.7 Å². The van der Waals surface area contributed by atoms with E-state index in [2.05, 4.69) is 15.6 Å². The molecule has 0 atom stereocenters. The molecule has 0 aliphatic carbocycles. The SMILES string of the molecule is CC(=O)Nc1ccc(-c2oc(C3CCNCC3)nc2C(=O)N2CCN(c3cccc(C(F)(F)F)c3)CC2)cc1.